The molecule has 7 rings (SSSR count). The van der Waals surface area contributed by atoms with Gasteiger partial charge in [-0.15, -0.1) is 0 Å². The molecule has 1 aromatic heterocycles. The quantitative estimate of drug-likeness (QED) is 0.196. The summed E-state index contributed by atoms with van der Waals surface area (Å²) in [4.78, 5) is 0. The van der Waals surface area contributed by atoms with Crippen LogP contribution in [0.4, 0.5) is 0 Å². The lowest BCUT2D eigenvalue weighted by molar-refractivity contribution is 0.130. The molecule has 5 aromatic carbocycles. The Labute approximate surface area is 243 Å². The van der Waals surface area contributed by atoms with Gasteiger partial charge in [0.1, 0.15) is 16.8 Å². The molecule has 1 aliphatic rings. The highest BCUT2D eigenvalue weighted by molar-refractivity contribution is 9.11. The molecule has 0 saturated carbocycles. The SMILES string of the molecule is C/C=C\C(=C/C)c1ccccc1C1(O)c2cc(Br)c3ccccc3c2-c2c1cc(Br)c1c2oc2ccccc21. The van der Waals surface area contributed by atoms with Gasteiger partial charge in [-0.2, -0.15) is 0 Å². The van der Waals surface area contributed by atoms with Gasteiger partial charge in [-0.25, -0.2) is 0 Å². The summed E-state index contributed by atoms with van der Waals surface area (Å²) in [6.45, 7) is 4.05. The van der Waals surface area contributed by atoms with E-state index in [0.717, 1.165) is 80.6 Å². The Bertz CT molecular complexity index is 2030. The van der Waals surface area contributed by atoms with E-state index in [1.54, 1.807) is 0 Å². The first-order valence-corrected chi connectivity index (χ1v) is 14.5. The lowest BCUT2D eigenvalue weighted by Crippen LogP contribution is -2.27. The van der Waals surface area contributed by atoms with Crippen LogP contribution < -0.4 is 0 Å². The molecule has 0 radical (unpaired) electrons. The van der Waals surface area contributed by atoms with Crippen LogP contribution in [0.25, 0.3) is 49.4 Å². The van der Waals surface area contributed by atoms with Gasteiger partial charge < -0.3 is 9.52 Å². The standard InChI is InChI=1S/C35H24Br2O2/c1-3-11-20(4-2)21-12-7-9-16-25(21)35(38)26-18-28(36)22-13-5-6-14-23(22)31(26)33-27(35)19-29(37)32-24-15-8-10-17-30(24)39-34(32)33/h3-19,38H,1-2H3/b11-3-,20-4+. The van der Waals surface area contributed by atoms with E-state index in [-0.39, 0.29) is 0 Å². The van der Waals surface area contributed by atoms with Gasteiger partial charge >= 0.3 is 0 Å². The van der Waals surface area contributed by atoms with Crippen LogP contribution in [-0.4, -0.2) is 5.11 Å². The summed E-state index contributed by atoms with van der Waals surface area (Å²) in [5, 5.41) is 17.4. The number of allylic oxidation sites excluding steroid dienone is 4. The zero-order valence-corrected chi connectivity index (χ0v) is 24.6. The van der Waals surface area contributed by atoms with E-state index in [1.165, 1.54) is 0 Å². The molecular weight excluding hydrogens is 612 g/mol. The number of rotatable bonds is 3. The number of halogens is 2. The number of furan rings is 1. The minimum Gasteiger partial charge on any atom is -0.455 e. The van der Waals surface area contributed by atoms with Gasteiger partial charge in [0.05, 0.1) is 0 Å². The largest absolute Gasteiger partial charge is 0.455 e. The minimum atomic E-state index is -1.42. The lowest BCUT2D eigenvalue weighted by atomic mass is 9.79. The molecule has 1 atom stereocenters. The van der Waals surface area contributed by atoms with Crippen LogP contribution in [0.3, 0.4) is 0 Å². The highest BCUT2D eigenvalue weighted by Crippen LogP contribution is 2.59. The minimum absolute atomic E-state index is 0.780. The van der Waals surface area contributed by atoms with E-state index >= 15 is 0 Å². The van der Waals surface area contributed by atoms with Gasteiger partial charge in [-0.05, 0) is 69.9 Å². The van der Waals surface area contributed by atoms with Gasteiger partial charge in [-0.3, -0.25) is 0 Å². The van der Waals surface area contributed by atoms with Crippen molar-refractivity contribution in [3.8, 4) is 11.1 Å². The van der Waals surface area contributed by atoms with Crippen LogP contribution in [-0.2, 0) is 5.60 Å². The maximum absolute atomic E-state index is 13.2. The zero-order valence-electron chi connectivity index (χ0n) is 21.4. The van der Waals surface area contributed by atoms with Crippen LogP contribution in [0.1, 0.15) is 36.1 Å². The summed E-state index contributed by atoms with van der Waals surface area (Å²) in [6.07, 6.45) is 6.21. The maximum Gasteiger partial charge on any atom is 0.144 e. The first-order chi connectivity index (χ1) is 19.0. The zero-order chi connectivity index (χ0) is 26.9. The Hall–Kier alpha value is -3.44. The molecule has 0 amide bonds. The molecule has 0 aliphatic heterocycles. The molecule has 4 heteroatoms. The lowest BCUT2D eigenvalue weighted by Gasteiger charge is -2.30. The van der Waals surface area contributed by atoms with Crippen molar-refractivity contribution in [3.63, 3.8) is 0 Å². The van der Waals surface area contributed by atoms with Crippen molar-refractivity contribution in [2.45, 2.75) is 19.4 Å². The molecule has 1 aliphatic carbocycles. The third-order valence-electron chi connectivity index (χ3n) is 7.91. The summed E-state index contributed by atoms with van der Waals surface area (Å²) in [6, 6.07) is 28.8. The van der Waals surface area contributed by atoms with Gasteiger partial charge in [-0.1, -0.05) is 101 Å². The topological polar surface area (TPSA) is 33.4 Å². The predicted octanol–water partition coefficient (Wildman–Crippen LogP) is 10.5. The number of para-hydroxylation sites is 1. The van der Waals surface area contributed by atoms with Crippen LogP contribution in [0.2, 0.25) is 0 Å². The Morgan fingerprint density at radius 3 is 2.15 bits per heavy atom. The highest BCUT2D eigenvalue weighted by Gasteiger charge is 2.47. The average Bonchev–Trinajstić information content (AvgIpc) is 3.47. The van der Waals surface area contributed by atoms with Crippen molar-refractivity contribution in [3.05, 3.63) is 134 Å². The molecule has 0 fully saturated rings. The second-order valence-corrected chi connectivity index (χ2v) is 11.6. The maximum atomic E-state index is 13.2. The molecule has 0 spiro atoms. The van der Waals surface area contributed by atoms with Crippen molar-refractivity contribution < 1.29 is 9.52 Å². The number of benzene rings is 5. The molecule has 39 heavy (non-hydrogen) atoms. The van der Waals surface area contributed by atoms with Crippen molar-refractivity contribution in [2.24, 2.45) is 0 Å². The fraction of sp³-hybridized carbons (Fsp3) is 0.0857. The number of hydrogen-bond donors (Lipinski definition) is 1. The van der Waals surface area contributed by atoms with Gasteiger partial charge in [0.2, 0.25) is 0 Å². The summed E-state index contributed by atoms with van der Waals surface area (Å²) < 4.78 is 8.44. The van der Waals surface area contributed by atoms with Crippen LogP contribution in [0.5, 0.6) is 0 Å². The molecule has 0 saturated heterocycles. The molecule has 1 heterocycles. The van der Waals surface area contributed by atoms with Crippen molar-refractivity contribution >= 4 is 70.1 Å². The second-order valence-electron chi connectivity index (χ2n) is 9.91. The summed E-state index contributed by atoms with van der Waals surface area (Å²) in [7, 11) is 0. The number of aliphatic hydroxyl groups is 1. The van der Waals surface area contributed by atoms with E-state index in [2.05, 4.69) is 86.5 Å². The third kappa shape index (κ3) is 3.35. The Morgan fingerprint density at radius 1 is 0.744 bits per heavy atom. The first-order valence-electron chi connectivity index (χ1n) is 13.0. The van der Waals surface area contributed by atoms with Gasteiger partial charge in [0.25, 0.3) is 0 Å². The van der Waals surface area contributed by atoms with Gasteiger partial charge in [0.15, 0.2) is 0 Å². The molecule has 2 nitrogen and oxygen atoms in total. The van der Waals surface area contributed by atoms with Crippen LogP contribution >= 0.6 is 31.9 Å². The fourth-order valence-electron chi connectivity index (χ4n) is 6.28. The smallest absolute Gasteiger partial charge is 0.144 e. The van der Waals surface area contributed by atoms with Crippen molar-refractivity contribution in [2.75, 3.05) is 0 Å². The average molecular weight is 636 g/mol. The Balaban J connectivity index is 1.71. The normalized spacial score (nSPS) is 17.0. The summed E-state index contributed by atoms with van der Waals surface area (Å²) in [5.41, 5.74) is 6.66. The van der Waals surface area contributed by atoms with Crippen LogP contribution in [0.15, 0.2) is 117 Å². The molecule has 0 bridgehead atoms. The molecule has 1 unspecified atom stereocenters. The second kappa shape index (κ2) is 9.06. The third-order valence-corrected chi connectivity index (χ3v) is 9.19. The number of hydrogen-bond acceptors (Lipinski definition) is 2. The van der Waals surface area contributed by atoms with Crippen molar-refractivity contribution in [1.29, 1.82) is 0 Å². The number of fused-ring (bicyclic) bond motifs is 9. The van der Waals surface area contributed by atoms with Crippen LogP contribution in [0, 0.1) is 0 Å². The summed E-state index contributed by atoms with van der Waals surface area (Å²) >= 11 is 7.70. The van der Waals surface area contributed by atoms with Gasteiger partial charge in [0, 0.05) is 47.5 Å². The molecule has 1 N–H and O–H groups in total. The van der Waals surface area contributed by atoms with E-state index in [1.807, 2.05) is 62.4 Å². The van der Waals surface area contributed by atoms with E-state index in [4.69, 9.17) is 4.42 Å². The fourth-order valence-corrected chi connectivity index (χ4v) is 7.48. The Kier molecular flexibility index (Phi) is 5.71. The summed E-state index contributed by atoms with van der Waals surface area (Å²) in [5.74, 6) is 0. The van der Waals surface area contributed by atoms with Crippen molar-refractivity contribution in [1.82, 2.24) is 0 Å². The first kappa shape index (κ1) is 24.6. The van der Waals surface area contributed by atoms with E-state index < -0.39 is 5.60 Å². The molecule has 6 aromatic rings. The monoisotopic (exact) mass is 634 g/mol. The molecule has 190 valence electrons. The highest BCUT2D eigenvalue weighted by atomic mass is 79.9. The van der Waals surface area contributed by atoms with E-state index in [9.17, 15) is 5.11 Å². The van der Waals surface area contributed by atoms with E-state index in [0.29, 0.717) is 0 Å². The molecular formula is C35H24Br2O2. The predicted molar refractivity (Wildman–Crippen MR) is 169 cm³/mol. The Morgan fingerprint density at radius 2 is 1.38 bits per heavy atom.